The molecule has 0 spiro atoms. The maximum atomic E-state index is 5.69. The van der Waals surface area contributed by atoms with E-state index >= 15 is 0 Å². The van der Waals surface area contributed by atoms with Gasteiger partial charge in [0.05, 0.1) is 19.0 Å². The summed E-state index contributed by atoms with van der Waals surface area (Å²) < 4.78 is 4.94. The van der Waals surface area contributed by atoms with Crippen LogP contribution in [0.3, 0.4) is 0 Å². The van der Waals surface area contributed by atoms with Crippen LogP contribution < -0.4 is 4.90 Å². The minimum absolute atomic E-state index is 0.404. The fourth-order valence-corrected chi connectivity index (χ4v) is 1.00. The van der Waals surface area contributed by atoms with E-state index in [1.165, 1.54) is 6.20 Å². The number of ether oxygens (including phenoxy) is 1. The molecule has 0 fully saturated rings. The van der Waals surface area contributed by atoms with E-state index in [9.17, 15) is 0 Å². The van der Waals surface area contributed by atoms with Crippen molar-refractivity contribution in [3.05, 3.63) is 17.5 Å². The SMILES string of the molecule is COCCN(C)c1cncc(Cl)n1. The number of hydrogen-bond donors (Lipinski definition) is 0. The quantitative estimate of drug-likeness (QED) is 0.734. The first kappa shape index (κ1) is 10.2. The van der Waals surface area contributed by atoms with Crippen molar-refractivity contribution in [2.24, 2.45) is 0 Å². The van der Waals surface area contributed by atoms with Gasteiger partial charge in [0.25, 0.3) is 0 Å². The Hall–Kier alpha value is -0.870. The molecule has 0 aliphatic heterocycles. The van der Waals surface area contributed by atoms with E-state index in [0.29, 0.717) is 11.8 Å². The van der Waals surface area contributed by atoms with Gasteiger partial charge < -0.3 is 9.64 Å². The summed E-state index contributed by atoms with van der Waals surface area (Å²) in [4.78, 5) is 9.97. The number of likely N-dealkylation sites (N-methyl/N-ethyl adjacent to an activating group) is 1. The summed E-state index contributed by atoms with van der Waals surface area (Å²) in [6.45, 7) is 1.43. The zero-order valence-electron chi connectivity index (χ0n) is 7.70. The summed E-state index contributed by atoms with van der Waals surface area (Å²) in [6.07, 6.45) is 3.18. The maximum absolute atomic E-state index is 5.69. The molecule has 0 bridgehead atoms. The molecule has 13 heavy (non-hydrogen) atoms. The van der Waals surface area contributed by atoms with Gasteiger partial charge in [0.1, 0.15) is 11.0 Å². The van der Waals surface area contributed by atoms with Gasteiger partial charge >= 0.3 is 0 Å². The second-order valence-electron chi connectivity index (χ2n) is 2.61. The first-order valence-electron chi connectivity index (χ1n) is 3.91. The van der Waals surface area contributed by atoms with Crippen molar-refractivity contribution in [1.29, 1.82) is 0 Å². The predicted octanol–water partition coefficient (Wildman–Crippen LogP) is 1.21. The van der Waals surface area contributed by atoms with Gasteiger partial charge in [-0.25, -0.2) is 4.98 Å². The number of halogens is 1. The van der Waals surface area contributed by atoms with Crippen LogP contribution in [0.1, 0.15) is 0 Å². The lowest BCUT2D eigenvalue weighted by molar-refractivity contribution is 0.206. The first-order valence-corrected chi connectivity index (χ1v) is 4.29. The number of methoxy groups -OCH3 is 1. The Morgan fingerprint density at radius 3 is 2.92 bits per heavy atom. The molecule has 0 radical (unpaired) electrons. The fraction of sp³-hybridized carbons (Fsp3) is 0.500. The van der Waals surface area contributed by atoms with Gasteiger partial charge in [0, 0.05) is 20.7 Å². The number of hydrogen-bond acceptors (Lipinski definition) is 4. The molecule has 0 N–H and O–H groups in total. The van der Waals surface area contributed by atoms with Crippen LogP contribution in [0.25, 0.3) is 0 Å². The number of rotatable bonds is 4. The minimum Gasteiger partial charge on any atom is -0.383 e. The fourth-order valence-electron chi connectivity index (χ4n) is 0.859. The highest BCUT2D eigenvalue weighted by Crippen LogP contribution is 2.09. The first-order chi connectivity index (χ1) is 6.24. The Balaban J connectivity index is 2.60. The molecular weight excluding hydrogens is 190 g/mol. The molecule has 1 aromatic rings. The van der Waals surface area contributed by atoms with Crippen molar-refractivity contribution in [2.75, 3.05) is 32.2 Å². The van der Waals surface area contributed by atoms with Crippen LogP contribution in [0.5, 0.6) is 0 Å². The molecule has 0 saturated carbocycles. The van der Waals surface area contributed by atoms with Gasteiger partial charge in [-0.3, -0.25) is 4.98 Å². The monoisotopic (exact) mass is 201 g/mol. The topological polar surface area (TPSA) is 38.2 Å². The summed E-state index contributed by atoms with van der Waals surface area (Å²) in [7, 11) is 3.58. The Kier molecular flexibility index (Phi) is 3.92. The Morgan fingerprint density at radius 2 is 2.31 bits per heavy atom. The van der Waals surface area contributed by atoms with Crippen molar-refractivity contribution >= 4 is 17.4 Å². The van der Waals surface area contributed by atoms with Crippen LogP contribution in [0.15, 0.2) is 12.4 Å². The Bertz CT molecular complexity index is 269. The van der Waals surface area contributed by atoms with E-state index in [0.717, 1.165) is 12.4 Å². The van der Waals surface area contributed by atoms with Crippen LogP contribution in [0, 0.1) is 0 Å². The second kappa shape index (κ2) is 4.99. The van der Waals surface area contributed by atoms with Gasteiger partial charge in [-0.15, -0.1) is 0 Å². The van der Waals surface area contributed by atoms with Gasteiger partial charge in [-0.2, -0.15) is 0 Å². The number of nitrogens with zero attached hydrogens (tertiary/aromatic N) is 3. The van der Waals surface area contributed by atoms with E-state index in [-0.39, 0.29) is 0 Å². The third-order valence-corrected chi connectivity index (χ3v) is 1.80. The highest BCUT2D eigenvalue weighted by atomic mass is 35.5. The van der Waals surface area contributed by atoms with Crippen molar-refractivity contribution in [1.82, 2.24) is 9.97 Å². The van der Waals surface area contributed by atoms with Crippen LogP contribution >= 0.6 is 11.6 Å². The summed E-state index contributed by atoms with van der Waals surface area (Å²) in [5, 5.41) is 0.404. The molecule has 4 nitrogen and oxygen atoms in total. The average molecular weight is 202 g/mol. The molecule has 1 aromatic heterocycles. The number of anilines is 1. The molecule has 0 aromatic carbocycles. The lowest BCUT2D eigenvalue weighted by Crippen LogP contribution is -2.23. The van der Waals surface area contributed by atoms with E-state index in [1.54, 1.807) is 13.3 Å². The van der Waals surface area contributed by atoms with E-state index in [2.05, 4.69) is 9.97 Å². The van der Waals surface area contributed by atoms with Crippen molar-refractivity contribution in [3.8, 4) is 0 Å². The van der Waals surface area contributed by atoms with E-state index in [1.807, 2.05) is 11.9 Å². The Labute approximate surface area is 82.5 Å². The zero-order chi connectivity index (χ0) is 9.68. The molecule has 1 rings (SSSR count). The third-order valence-electron chi connectivity index (χ3n) is 1.61. The van der Waals surface area contributed by atoms with Crippen LogP contribution in [0.2, 0.25) is 5.15 Å². The molecule has 0 aliphatic carbocycles. The highest BCUT2D eigenvalue weighted by Gasteiger charge is 2.02. The standard InChI is InChI=1S/C8H12ClN3O/c1-12(3-4-13-2)8-6-10-5-7(9)11-8/h5-6H,3-4H2,1-2H3. The summed E-state index contributed by atoms with van der Waals surface area (Å²) in [5.74, 6) is 0.754. The molecule has 1 heterocycles. The van der Waals surface area contributed by atoms with Crippen LogP contribution in [-0.2, 0) is 4.74 Å². The lowest BCUT2D eigenvalue weighted by Gasteiger charge is -2.16. The van der Waals surface area contributed by atoms with Crippen molar-refractivity contribution < 1.29 is 4.74 Å². The highest BCUT2D eigenvalue weighted by molar-refractivity contribution is 6.29. The molecule has 0 atom stereocenters. The van der Waals surface area contributed by atoms with Gasteiger partial charge in [0.2, 0.25) is 0 Å². The van der Waals surface area contributed by atoms with Gasteiger partial charge in [-0.05, 0) is 0 Å². The molecule has 72 valence electrons. The number of aromatic nitrogens is 2. The van der Waals surface area contributed by atoms with Gasteiger partial charge in [0.15, 0.2) is 0 Å². The second-order valence-corrected chi connectivity index (χ2v) is 3.00. The minimum atomic E-state index is 0.404. The lowest BCUT2D eigenvalue weighted by atomic mass is 10.5. The summed E-state index contributed by atoms with van der Waals surface area (Å²) in [6, 6.07) is 0. The molecule has 5 heteroatoms. The zero-order valence-corrected chi connectivity index (χ0v) is 8.45. The molecule has 0 unspecified atom stereocenters. The normalized spacial score (nSPS) is 10.1. The van der Waals surface area contributed by atoms with E-state index in [4.69, 9.17) is 16.3 Å². The smallest absolute Gasteiger partial charge is 0.149 e. The van der Waals surface area contributed by atoms with Crippen molar-refractivity contribution in [3.63, 3.8) is 0 Å². The predicted molar refractivity (Wildman–Crippen MR) is 52.2 cm³/mol. The van der Waals surface area contributed by atoms with E-state index < -0.39 is 0 Å². The third kappa shape index (κ3) is 3.16. The van der Waals surface area contributed by atoms with Crippen molar-refractivity contribution in [2.45, 2.75) is 0 Å². The largest absolute Gasteiger partial charge is 0.383 e. The molecular formula is C8H12ClN3O. The molecule has 0 amide bonds. The van der Waals surface area contributed by atoms with Crippen LogP contribution in [-0.4, -0.2) is 37.3 Å². The summed E-state index contributed by atoms with van der Waals surface area (Å²) >= 11 is 5.69. The maximum Gasteiger partial charge on any atom is 0.149 e. The summed E-state index contributed by atoms with van der Waals surface area (Å²) in [5.41, 5.74) is 0. The average Bonchev–Trinajstić information content (AvgIpc) is 2.14. The molecule has 0 aliphatic rings. The van der Waals surface area contributed by atoms with Crippen LogP contribution in [0.4, 0.5) is 5.82 Å². The van der Waals surface area contributed by atoms with Gasteiger partial charge in [-0.1, -0.05) is 11.6 Å². The Morgan fingerprint density at radius 1 is 1.54 bits per heavy atom. The molecule has 0 saturated heterocycles.